The highest BCUT2D eigenvalue weighted by molar-refractivity contribution is 8.00. The van der Waals surface area contributed by atoms with E-state index in [-0.39, 0.29) is 5.78 Å². The van der Waals surface area contributed by atoms with Crippen molar-refractivity contribution in [3.05, 3.63) is 51.3 Å². The lowest BCUT2D eigenvalue weighted by molar-refractivity contribution is 0.102. The zero-order chi connectivity index (χ0) is 14.8. The summed E-state index contributed by atoms with van der Waals surface area (Å²) in [5, 5.41) is 0.796. The van der Waals surface area contributed by atoms with Crippen molar-refractivity contribution < 1.29 is 4.79 Å². The molecule has 0 aliphatic heterocycles. The summed E-state index contributed by atoms with van der Waals surface area (Å²) in [6.45, 7) is 1.91. The number of aryl methyl sites for hydroxylation is 1. The van der Waals surface area contributed by atoms with Crippen molar-refractivity contribution in [1.29, 1.82) is 0 Å². The van der Waals surface area contributed by atoms with Crippen molar-refractivity contribution in [3.63, 3.8) is 0 Å². The Morgan fingerprint density at radius 1 is 1.19 bits per heavy atom. The highest BCUT2D eigenvalue weighted by atomic mass is 35.5. The van der Waals surface area contributed by atoms with Gasteiger partial charge in [0.05, 0.1) is 31.7 Å². The third-order valence-electron chi connectivity index (χ3n) is 2.89. The van der Waals surface area contributed by atoms with E-state index in [1.165, 1.54) is 23.1 Å². The van der Waals surface area contributed by atoms with Gasteiger partial charge in [-0.3, -0.25) is 4.79 Å². The van der Waals surface area contributed by atoms with Gasteiger partial charge in [-0.05, 0) is 31.2 Å². The van der Waals surface area contributed by atoms with Crippen LogP contribution in [0.5, 0.6) is 0 Å². The lowest BCUT2D eigenvalue weighted by Gasteiger charge is -2.05. The number of Topliss-reactive ketones (excluding diaryl/α,β-unsaturated/α-hetero) is 1. The van der Waals surface area contributed by atoms with Crippen LogP contribution in [0.2, 0.25) is 4.34 Å². The molecule has 3 rings (SSSR count). The number of halogens is 1. The molecule has 0 N–H and O–H groups in total. The normalized spacial score (nSPS) is 11.0. The Morgan fingerprint density at radius 3 is 2.57 bits per heavy atom. The van der Waals surface area contributed by atoms with Crippen LogP contribution in [-0.4, -0.2) is 21.5 Å². The standard InChI is InChI=1S/C15H11ClN2OS2/c1-9-15(18-11-5-3-2-4-10(11)17-9)20-8-12(19)13-6-7-14(16)21-13/h2-7H,8H2,1H3. The summed E-state index contributed by atoms with van der Waals surface area (Å²) < 4.78 is 0.630. The second-order valence-corrected chi connectivity index (χ2v) is 7.10. The van der Waals surface area contributed by atoms with Crippen molar-refractivity contribution >= 4 is 51.5 Å². The Bertz CT molecular complexity index is 816. The number of thioether (sulfide) groups is 1. The van der Waals surface area contributed by atoms with Gasteiger partial charge >= 0.3 is 0 Å². The van der Waals surface area contributed by atoms with Crippen LogP contribution in [0.3, 0.4) is 0 Å². The minimum absolute atomic E-state index is 0.0614. The average Bonchev–Trinajstić information content (AvgIpc) is 2.91. The Labute approximate surface area is 135 Å². The van der Waals surface area contributed by atoms with E-state index in [2.05, 4.69) is 9.97 Å². The number of rotatable bonds is 4. The fourth-order valence-corrected chi connectivity index (χ4v) is 3.79. The molecule has 0 radical (unpaired) electrons. The van der Waals surface area contributed by atoms with Gasteiger partial charge in [-0.25, -0.2) is 9.97 Å². The van der Waals surface area contributed by atoms with Crippen LogP contribution in [0, 0.1) is 6.92 Å². The number of nitrogens with zero attached hydrogens (tertiary/aromatic N) is 2. The minimum atomic E-state index is 0.0614. The molecule has 2 heterocycles. The molecule has 1 aromatic carbocycles. The quantitative estimate of drug-likeness (QED) is 0.515. The molecule has 106 valence electrons. The Hall–Kier alpha value is -1.43. The van der Waals surface area contributed by atoms with Crippen molar-refractivity contribution in [2.24, 2.45) is 0 Å². The molecule has 21 heavy (non-hydrogen) atoms. The number of hydrogen-bond donors (Lipinski definition) is 0. The van der Waals surface area contributed by atoms with E-state index in [0.717, 1.165) is 21.8 Å². The molecule has 2 aromatic heterocycles. The van der Waals surface area contributed by atoms with E-state index >= 15 is 0 Å². The molecular weight excluding hydrogens is 324 g/mol. The SMILES string of the molecule is Cc1nc2ccccc2nc1SCC(=O)c1ccc(Cl)s1. The number of aromatic nitrogens is 2. The maximum absolute atomic E-state index is 12.1. The number of carbonyl (C=O) groups is 1. The molecule has 0 aliphatic carbocycles. The molecule has 0 saturated carbocycles. The number of para-hydroxylation sites is 2. The van der Waals surface area contributed by atoms with Crippen LogP contribution < -0.4 is 0 Å². The van der Waals surface area contributed by atoms with Crippen LogP contribution in [0.25, 0.3) is 11.0 Å². The lowest BCUT2D eigenvalue weighted by atomic mass is 10.3. The molecule has 0 aliphatic rings. The van der Waals surface area contributed by atoms with E-state index in [4.69, 9.17) is 11.6 Å². The summed E-state index contributed by atoms with van der Waals surface area (Å²) >= 11 is 8.57. The zero-order valence-electron chi connectivity index (χ0n) is 11.2. The summed E-state index contributed by atoms with van der Waals surface area (Å²) in [4.78, 5) is 21.9. The van der Waals surface area contributed by atoms with Crippen molar-refractivity contribution in [1.82, 2.24) is 9.97 Å². The van der Waals surface area contributed by atoms with Crippen LogP contribution in [0.4, 0.5) is 0 Å². The van der Waals surface area contributed by atoms with E-state index in [1.807, 2.05) is 31.2 Å². The number of benzene rings is 1. The number of thiophene rings is 1. The molecule has 0 unspecified atom stereocenters. The predicted molar refractivity (Wildman–Crippen MR) is 88.7 cm³/mol. The van der Waals surface area contributed by atoms with Crippen molar-refractivity contribution in [3.8, 4) is 0 Å². The van der Waals surface area contributed by atoms with Gasteiger partial charge in [0.1, 0.15) is 5.03 Å². The smallest absolute Gasteiger partial charge is 0.183 e. The summed E-state index contributed by atoms with van der Waals surface area (Å²) in [5.41, 5.74) is 2.56. The zero-order valence-corrected chi connectivity index (χ0v) is 13.6. The van der Waals surface area contributed by atoms with Gasteiger partial charge in [0.2, 0.25) is 0 Å². The summed E-state index contributed by atoms with van der Waals surface area (Å²) in [6.07, 6.45) is 0. The Kier molecular flexibility index (Phi) is 4.24. The second kappa shape index (κ2) is 6.13. The molecular formula is C15H11ClN2OS2. The highest BCUT2D eigenvalue weighted by Gasteiger charge is 2.12. The second-order valence-electron chi connectivity index (χ2n) is 4.42. The lowest BCUT2D eigenvalue weighted by Crippen LogP contribution is -2.01. The number of ketones is 1. The number of hydrogen-bond acceptors (Lipinski definition) is 5. The fourth-order valence-electron chi connectivity index (χ4n) is 1.88. The third kappa shape index (κ3) is 3.26. The van der Waals surface area contributed by atoms with Gasteiger partial charge < -0.3 is 0 Å². The van der Waals surface area contributed by atoms with Gasteiger partial charge in [0.15, 0.2) is 5.78 Å². The molecule has 0 fully saturated rings. The molecule has 3 aromatic rings. The predicted octanol–water partition coefficient (Wildman–Crippen LogP) is 4.63. The summed E-state index contributed by atoms with van der Waals surface area (Å²) in [7, 11) is 0. The maximum Gasteiger partial charge on any atom is 0.183 e. The van der Waals surface area contributed by atoms with Crippen molar-refractivity contribution in [2.75, 3.05) is 5.75 Å². The topological polar surface area (TPSA) is 42.9 Å². The molecule has 0 amide bonds. The molecule has 6 heteroatoms. The van der Waals surface area contributed by atoms with Crippen LogP contribution in [-0.2, 0) is 0 Å². The number of carbonyl (C=O) groups excluding carboxylic acids is 1. The largest absolute Gasteiger partial charge is 0.292 e. The minimum Gasteiger partial charge on any atom is -0.292 e. The molecule has 3 nitrogen and oxygen atoms in total. The van der Waals surface area contributed by atoms with Gasteiger partial charge in [-0.15, -0.1) is 11.3 Å². The van der Waals surface area contributed by atoms with Gasteiger partial charge in [-0.1, -0.05) is 35.5 Å². The van der Waals surface area contributed by atoms with Crippen LogP contribution >= 0.6 is 34.7 Å². The average molecular weight is 335 g/mol. The van der Waals surface area contributed by atoms with E-state index in [1.54, 1.807) is 12.1 Å². The first-order valence-electron chi connectivity index (χ1n) is 6.28. The molecule has 0 bridgehead atoms. The molecule has 0 saturated heterocycles. The van der Waals surface area contributed by atoms with Gasteiger partial charge in [-0.2, -0.15) is 0 Å². The fraction of sp³-hybridized carbons (Fsp3) is 0.133. The van der Waals surface area contributed by atoms with E-state index in [0.29, 0.717) is 15.0 Å². The Morgan fingerprint density at radius 2 is 1.90 bits per heavy atom. The molecule has 0 spiro atoms. The highest BCUT2D eigenvalue weighted by Crippen LogP contribution is 2.26. The van der Waals surface area contributed by atoms with E-state index in [9.17, 15) is 4.79 Å². The van der Waals surface area contributed by atoms with Crippen LogP contribution in [0.1, 0.15) is 15.4 Å². The first-order valence-corrected chi connectivity index (χ1v) is 8.46. The van der Waals surface area contributed by atoms with Gasteiger partial charge in [0, 0.05) is 0 Å². The van der Waals surface area contributed by atoms with Gasteiger partial charge in [0.25, 0.3) is 0 Å². The summed E-state index contributed by atoms with van der Waals surface area (Å²) in [5.74, 6) is 0.399. The number of fused-ring (bicyclic) bond motifs is 1. The first-order chi connectivity index (χ1) is 10.1. The monoisotopic (exact) mass is 334 g/mol. The maximum atomic E-state index is 12.1. The first kappa shape index (κ1) is 14.5. The summed E-state index contributed by atoms with van der Waals surface area (Å²) in [6, 6.07) is 11.2. The Balaban J connectivity index is 1.78. The van der Waals surface area contributed by atoms with Crippen LogP contribution in [0.15, 0.2) is 41.4 Å². The third-order valence-corrected chi connectivity index (χ3v) is 5.23. The van der Waals surface area contributed by atoms with E-state index < -0.39 is 0 Å². The molecule has 0 atom stereocenters. The van der Waals surface area contributed by atoms with Crippen molar-refractivity contribution in [2.45, 2.75) is 11.9 Å².